The first-order chi connectivity index (χ1) is 17.8. The Hall–Kier alpha value is -1.69. The van der Waals surface area contributed by atoms with Crippen molar-refractivity contribution in [2.24, 2.45) is 5.92 Å². The van der Waals surface area contributed by atoms with E-state index in [9.17, 15) is 13.2 Å². The highest BCUT2D eigenvalue weighted by atomic mass is 35.5. The first kappa shape index (κ1) is 30.8. The third-order valence-corrected chi connectivity index (χ3v) is 10.6. The van der Waals surface area contributed by atoms with Gasteiger partial charge in [-0.2, -0.15) is 4.31 Å². The van der Waals surface area contributed by atoms with Gasteiger partial charge in [0, 0.05) is 36.6 Å². The smallest absolute Gasteiger partial charge is 0.260 e. The van der Waals surface area contributed by atoms with Gasteiger partial charge < -0.3 is 4.90 Å². The monoisotopic (exact) mass is 596 g/mol. The largest absolute Gasteiger partial charge is 0.302 e. The summed E-state index contributed by atoms with van der Waals surface area (Å²) in [5, 5.41) is 0.657. The van der Waals surface area contributed by atoms with E-state index < -0.39 is 10.0 Å². The number of nitrogens with zero attached hydrogens (tertiary/aromatic N) is 4. The van der Waals surface area contributed by atoms with Crippen molar-refractivity contribution >= 4 is 66.8 Å². The second kappa shape index (κ2) is 13.6. The summed E-state index contributed by atoms with van der Waals surface area (Å²) in [4.78, 5) is 23.9. The molecule has 7 nitrogen and oxygen atoms in total. The SMILES string of the molecule is CCN(CC)CCN(C(=O)c1ccc(S(=O)(=O)N2CCCC(C)C2)cc1)c1nc2ccc(SC)cc2s1.Cl. The molecule has 208 valence electrons. The molecule has 0 saturated carbocycles. The van der Waals surface area contributed by atoms with Crippen LogP contribution in [0.3, 0.4) is 0 Å². The number of halogens is 1. The molecule has 11 heteroatoms. The zero-order chi connectivity index (χ0) is 26.6. The zero-order valence-electron chi connectivity index (χ0n) is 22.4. The standard InChI is InChI=1S/C27H36N4O3S3.ClH/c1-5-29(6-2)16-17-31(27-28-24-14-11-22(35-4)18-25(24)36-27)26(32)21-9-12-23(13-10-21)37(33,34)30-15-7-8-20(3)19-30;/h9-14,18,20H,5-8,15-17,19H2,1-4H3;1H. The lowest BCUT2D eigenvalue weighted by Gasteiger charge is -2.30. The van der Waals surface area contributed by atoms with Gasteiger partial charge in [0.1, 0.15) is 0 Å². The Morgan fingerprint density at radius 2 is 1.84 bits per heavy atom. The maximum atomic E-state index is 13.8. The van der Waals surface area contributed by atoms with Crippen molar-refractivity contribution < 1.29 is 13.2 Å². The third-order valence-electron chi connectivity index (χ3n) is 6.95. The molecule has 1 amide bonds. The molecule has 38 heavy (non-hydrogen) atoms. The van der Waals surface area contributed by atoms with Crippen molar-refractivity contribution in [2.75, 3.05) is 50.4 Å². The van der Waals surface area contributed by atoms with Crippen LogP contribution in [0.2, 0.25) is 0 Å². The highest BCUT2D eigenvalue weighted by Gasteiger charge is 2.29. The van der Waals surface area contributed by atoms with Gasteiger partial charge in [0.15, 0.2) is 5.13 Å². The number of rotatable bonds is 10. The van der Waals surface area contributed by atoms with Crippen LogP contribution in [0.25, 0.3) is 10.2 Å². The highest BCUT2D eigenvalue weighted by molar-refractivity contribution is 7.98. The van der Waals surface area contributed by atoms with Gasteiger partial charge in [-0.15, -0.1) is 24.2 Å². The number of aromatic nitrogens is 1. The molecule has 0 bridgehead atoms. The van der Waals surface area contributed by atoms with Crippen LogP contribution < -0.4 is 4.90 Å². The molecule has 3 aromatic rings. The minimum atomic E-state index is -3.57. The number of amides is 1. The first-order valence-electron chi connectivity index (χ1n) is 12.9. The fourth-order valence-corrected chi connectivity index (χ4v) is 7.78. The lowest BCUT2D eigenvalue weighted by molar-refractivity contribution is 0.0983. The number of thioether (sulfide) groups is 1. The number of anilines is 1. The number of thiazole rings is 1. The molecular formula is C27H37ClN4O3S3. The molecule has 1 saturated heterocycles. The van der Waals surface area contributed by atoms with Crippen molar-refractivity contribution in [3.8, 4) is 0 Å². The summed E-state index contributed by atoms with van der Waals surface area (Å²) in [6.07, 6.45) is 3.96. The number of likely N-dealkylation sites (N-methyl/N-ethyl adjacent to an activating group) is 1. The summed E-state index contributed by atoms with van der Waals surface area (Å²) in [5.41, 5.74) is 1.32. The molecule has 4 rings (SSSR count). The van der Waals surface area contributed by atoms with Crippen LogP contribution in [0.5, 0.6) is 0 Å². The lowest BCUT2D eigenvalue weighted by atomic mass is 10.0. The zero-order valence-corrected chi connectivity index (χ0v) is 25.7. The maximum absolute atomic E-state index is 13.8. The third kappa shape index (κ3) is 6.89. The Kier molecular flexibility index (Phi) is 11.0. The molecule has 1 atom stereocenters. The number of hydrogen-bond donors (Lipinski definition) is 0. The normalized spacial score (nSPS) is 16.5. The van der Waals surface area contributed by atoms with Crippen molar-refractivity contribution in [2.45, 2.75) is 43.4 Å². The number of piperidine rings is 1. The van der Waals surface area contributed by atoms with Crippen LogP contribution in [0.15, 0.2) is 52.3 Å². The second-order valence-electron chi connectivity index (χ2n) is 9.45. The molecule has 1 fully saturated rings. The predicted molar refractivity (Wildman–Crippen MR) is 162 cm³/mol. The maximum Gasteiger partial charge on any atom is 0.260 e. The van der Waals surface area contributed by atoms with Crippen molar-refractivity contribution in [1.82, 2.24) is 14.2 Å². The van der Waals surface area contributed by atoms with E-state index in [0.29, 0.717) is 36.2 Å². The molecule has 1 aromatic heterocycles. The van der Waals surface area contributed by atoms with Gasteiger partial charge in [0.05, 0.1) is 15.1 Å². The molecule has 0 aliphatic carbocycles. The molecule has 1 unspecified atom stereocenters. The van der Waals surface area contributed by atoms with E-state index >= 15 is 0 Å². The van der Waals surface area contributed by atoms with E-state index in [4.69, 9.17) is 4.98 Å². The molecule has 0 radical (unpaired) electrons. The topological polar surface area (TPSA) is 73.8 Å². The first-order valence-corrected chi connectivity index (χ1v) is 16.3. The molecule has 0 N–H and O–H groups in total. The summed E-state index contributed by atoms with van der Waals surface area (Å²) in [7, 11) is -3.57. The highest BCUT2D eigenvalue weighted by Crippen LogP contribution is 2.32. The van der Waals surface area contributed by atoms with Crippen LogP contribution >= 0.6 is 35.5 Å². The minimum Gasteiger partial charge on any atom is -0.302 e. The molecule has 1 aliphatic rings. The van der Waals surface area contributed by atoms with Gasteiger partial charge in [0.2, 0.25) is 10.0 Å². The molecule has 1 aliphatic heterocycles. The average molecular weight is 597 g/mol. The van der Waals surface area contributed by atoms with Crippen LogP contribution in [0, 0.1) is 5.92 Å². The Labute approximate surface area is 241 Å². The van der Waals surface area contributed by atoms with E-state index in [1.54, 1.807) is 45.2 Å². The summed E-state index contributed by atoms with van der Waals surface area (Å²) in [5.74, 6) is 0.177. The number of hydrogen-bond acceptors (Lipinski definition) is 7. The van der Waals surface area contributed by atoms with Crippen molar-refractivity contribution in [3.63, 3.8) is 0 Å². The quantitative estimate of drug-likeness (QED) is 0.273. The predicted octanol–water partition coefficient (Wildman–Crippen LogP) is 5.85. The summed E-state index contributed by atoms with van der Waals surface area (Å²) in [6, 6.07) is 12.5. The molecule has 2 aromatic carbocycles. The van der Waals surface area contributed by atoms with Crippen molar-refractivity contribution in [3.05, 3.63) is 48.0 Å². The van der Waals surface area contributed by atoms with Crippen LogP contribution in [-0.4, -0.2) is 74.0 Å². The van der Waals surface area contributed by atoms with E-state index in [0.717, 1.165) is 47.6 Å². The fourth-order valence-electron chi connectivity index (χ4n) is 4.64. The second-order valence-corrected chi connectivity index (χ2v) is 13.3. The van der Waals surface area contributed by atoms with Gasteiger partial charge in [-0.25, -0.2) is 13.4 Å². The number of benzene rings is 2. The van der Waals surface area contributed by atoms with Gasteiger partial charge in [-0.3, -0.25) is 9.69 Å². The van der Waals surface area contributed by atoms with Crippen molar-refractivity contribution in [1.29, 1.82) is 0 Å². The molecular weight excluding hydrogens is 560 g/mol. The van der Waals surface area contributed by atoms with Crippen LogP contribution in [0.1, 0.15) is 44.0 Å². The Morgan fingerprint density at radius 3 is 2.47 bits per heavy atom. The number of carbonyl (C=O) groups is 1. The number of carbonyl (C=O) groups excluding carboxylic acids is 1. The van der Waals surface area contributed by atoms with E-state index in [-0.39, 0.29) is 23.2 Å². The molecule has 2 heterocycles. The van der Waals surface area contributed by atoms with Gasteiger partial charge in [0.25, 0.3) is 5.91 Å². The number of sulfonamides is 1. The summed E-state index contributed by atoms with van der Waals surface area (Å²) < 4.78 is 29.0. The van der Waals surface area contributed by atoms with E-state index in [2.05, 4.69) is 31.7 Å². The Bertz CT molecular complexity index is 1330. The fraction of sp³-hybridized carbons (Fsp3) is 0.481. The van der Waals surface area contributed by atoms with E-state index in [1.165, 1.54) is 11.3 Å². The lowest BCUT2D eigenvalue weighted by Crippen LogP contribution is -2.39. The van der Waals surface area contributed by atoms with Crippen LogP contribution in [0.4, 0.5) is 5.13 Å². The van der Waals surface area contributed by atoms with Crippen LogP contribution in [-0.2, 0) is 10.0 Å². The minimum absolute atomic E-state index is 0. The Balaban J connectivity index is 0.00000400. The summed E-state index contributed by atoms with van der Waals surface area (Å²) >= 11 is 3.19. The van der Waals surface area contributed by atoms with Gasteiger partial charge in [-0.05, 0) is 80.6 Å². The number of fused-ring (bicyclic) bond motifs is 1. The Morgan fingerprint density at radius 1 is 1.13 bits per heavy atom. The van der Waals surface area contributed by atoms with E-state index in [1.807, 2.05) is 18.4 Å². The molecule has 0 spiro atoms. The van der Waals surface area contributed by atoms with Gasteiger partial charge >= 0.3 is 0 Å². The summed E-state index contributed by atoms with van der Waals surface area (Å²) in [6.45, 7) is 10.4. The van der Waals surface area contributed by atoms with Gasteiger partial charge in [-0.1, -0.05) is 32.1 Å². The average Bonchev–Trinajstić information content (AvgIpc) is 3.34.